The second kappa shape index (κ2) is 5.05. The van der Waals surface area contributed by atoms with Gasteiger partial charge in [0.2, 0.25) is 0 Å². The van der Waals surface area contributed by atoms with E-state index in [1.54, 1.807) is 0 Å². The minimum absolute atomic E-state index is 0.000548. The fraction of sp³-hybridized carbons (Fsp3) is 1.00. The molecule has 0 aromatic carbocycles. The smallest absolute Gasteiger partial charge is 0.155 e. The third-order valence-corrected chi connectivity index (χ3v) is 4.32. The molecular formula is C14H26O2. The van der Waals surface area contributed by atoms with E-state index in [9.17, 15) is 0 Å². The van der Waals surface area contributed by atoms with Gasteiger partial charge in [0.1, 0.15) is 0 Å². The minimum Gasteiger partial charge on any atom is -0.352 e. The van der Waals surface area contributed by atoms with Crippen molar-refractivity contribution in [3.8, 4) is 0 Å². The third kappa shape index (κ3) is 2.43. The summed E-state index contributed by atoms with van der Waals surface area (Å²) < 4.78 is 11.8. The first-order valence-electron chi connectivity index (χ1n) is 6.93. The van der Waals surface area contributed by atoms with E-state index in [1.807, 2.05) is 6.92 Å². The van der Waals surface area contributed by atoms with E-state index in [2.05, 4.69) is 13.8 Å². The average Bonchev–Trinajstić information content (AvgIpc) is 2.25. The SMILES string of the molecule is CCCC1OC(C)OCC12CCC[C@@H](C)C2. The van der Waals surface area contributed by atoms with Crippen LogP contribution in [0.4, 0.5) is 0 Å². The predicted octanol–water partition coefficient (Wildman–Crippen LogP) is 3.74. The Morgan fingerprint density at radius 2 is 2.12 bits per heavy atom. The van der Waals surface area contributed by atoms with E-state index in [0.717, 1.165) is 12.5 Å². The zero-order valence-electron chi connectivity index (χ0n) is 11.0. The van der Waals surface area contributed by atoms with Crippen LogP contribution in [-0.2, 0) is 9.47 Å². The lowest BCUT2D eigenvalue weighted by Gasteiger charge is -2.49. The highest BCUT2D eigenvalue weighted by Gasteiger charge is 2.45. The third-order valence-electron chi connectivity index (χ3n) is 4.32. The number of rotatable bonds is 2. The molecule has 1 saturated carbocycles. The van der Waals surface area contributed by atoms with Crippen molar-refractivity contribution in [2.75, 3.05) is 6.61 Å². The van der Waals surface area contributed by atoms with Gasteiger partial charge in [-0.2, -0.15) is 0 Å². The molecule has 16 heavy (non-hydrogen) atoms. The van der Waals surface area contributed by atoms with E-state index >= 15 is 0 Å². The standard InChI is InChI=1S/C14H26O2/c1-4-6-13-14(10-15-12(3)16-13)8-5-7-11(2)9-14/h11-13H,4-10H2,1-3H3/t11-,12?,13?,14?/m1/s1. The van der Waals surface area contributed by atoms with Crippen molar-refractivity contribution in [1.29, 1.82) is 0 Å². The van der Waals surface area contributed by atoms with Gasteiger partial charge in [0.25, 0.3) is 0 Å². The first kappa shape index (κ1) is 12.4. The van der Waals surface area contributed by atoms with Crippen LogP contribution < -0.4 is 0 Å². The van der Waals surface area contributed by atoms with Gasteiger partial charge in [-0.1, -0.05) is 33.1 Å². The molecule has 2 rings (SSSR count). The molecule has 3 unspecified atom stereocenters. The van der Waals surface area contributed by atoms with Gasteiger partial charge in [-0.15, -0.1) is 0 Å². The topological polar surface area (TPSA) is 18.5 Å². The molecular weight excluding hydrogens is 200 g/mol. The highest BCUT2D eigenvalue weighted by molar-refractivity contribution is 4.93. The fourth-order valence-electron chi connectivity index (χ4n) is 3.55. The summed E-state index contributed by atoms with van der Waals surface area (Å²) in [4.78, 5) is 0. The maximum atomic E-state index is 6.05. The molecule has 0 N–H and O–H groups in total. The van der Waals surface area contributed by atoms with Crippen molar-refractivity contribution in [2.24, 2.45) is 11.3 Å². The Morgan fingerprint density at radius 1 is 1.31 bits per heavy atom. The molecule has 2 fully saturated rings. The van der Waals surface area contributed by atoms with Crippen molar-refractivity contribution in [3.63, 3.8) is 0 Å². The molecule has 0 amide bonds. The van der Waals surface area contributed by atoms with Crippen molar-refractivity contribution < 1.29 is 9.47 Å². The van der Waals surface area contributed by atoms with Gasteiger partial charge in [0.05, 0.1) is 12.7 Å². The lowest BCUT2D eigenvalue weighted by atomic mass is 9.66. The Bertz CT molecular complexity index is 229. The van der Waals surface area contributed by atoms with Crippen LogP contribution in [0.25, 0.3) is 0 Å². The molecule has 2 aliphatic rings. The first-order chi connectivity index (χ1) is 7.66. The summed E-state index contributed by atoms with van der Waals surface area (Å²) in [5.74, 6) is 0.841. The Labute approximate surface area is 99.7 Å². The zero-order valence-corrected chi connectivity index (χ0v) is 11.0. The summed E-state index contributed by atoms with van der Waals surface area (Å²) in [5, 5.41) is 0. The summed E-state index contributed by atoms with van der Waals surface area (Å²) in [6, 6.07) is 0. The molecule has 1 spiro atoms. The van der Waals surface area contributed by atoms with E-state index in [0.29, 0.717) is 11.5 Å². The molecule has 0 bridgehead atoms. The highest BCUT2D eigenvalue weighted by atomic mass is 16.7. The molecule has 2 nitrogen and oxygen atoms in total. The van der Waals surface area contributed by atoms with E-state index in [4.69, 9.17) is 9.47 Å². The van der Waals surface area contributed by atoms with E-state index < -0.39 is 0 Å². The van der Waals surface area contributed by atoms with Crippen molar-refractivity contribution >= 4 is 0 Å². The van der Waals surface area contributed by atoms with Gasteiger partial charge in [-0.3, -0.25) is 0 Å². The zero-order chi connectivity index (χ0) is 11.6. The Morgan fingerprint density at radius 3 is 2.81 bits per heavy atom. The van der Waals surface area contributed by atoms with E-state index in [1.165, 1.54) is 38.5 Å². The Hall–Kier alpha value is -0.0800. The summed E-state index contributed by atoms with van der Waals surface area (Å²) in [5.41, 5.74) is 0.334. The van der Waals surface area contributed by atoms with Crippen LogP contribution in [0.2, 0.25) is 0 Å². The molecule has 2 heteroatoms. The molecule has 0 aromatic heterocycles. The van der Waals surface area contributed by atoms with Gasteiger partial charge in [-0.25, -0.2) is 0 Å². The monoisotopic (exact) mass is 226 g/mol. The van der Waals surface area contributed by atoms with Crippen LogP contribution in [0.1, 0.15) is 59.3 Å². The van der Waals surface area contributed by atoms with Gasteiger partial charge in [0, 0.05) is 5.41 Å². The Balaban J connectivity index is 2.08. The summed E-state index contributed by atoms with van der Waals surface area (Å²) >= 11 is 0. The second-order valence-electron chi connectivity index (χ2n) is 5.86. The lowest BCUT2D eigenvalue weighted by molar-refractivity contribution is -0.270. The van der Waals surface area contributed by atoms with Crippen LogP contribution in [0.5, 0.6) is 0 Å². The van der Waals surface area contributed by atoms with Crippen molar-refractivity contribution in [1.82, 2.24) is 0 Å². The molecule has 1 aliphatic heterocycles. The van der Waals surface area contributed by atoms with Gasteiger partial charge in [0.15, 0.2) is 6.29 Å². The van der Waals surface area contributed by atoms with Crippen LogP contribution >= 0.6 is 0 Å². The molecule has 0 aromatic rings. The summed E-state index contributed by atoms with van der Waals surface area (Å²) in [7, 11) is 0. The second-order valence-corrected chi connectivity index (χ2v) is 5.86. The molecule has 94 valence electrons. The molecule has 1 aliphatic carbocycles. The summed E-state index contributed by atoms with van der Waals surface area (Å²) in [6.07, 6.45) is 8.18. The maximum Gasteiger partial charge on any atom is 0.155 e. The van der Waals surface area contributed by atoms with Crippen LogP contribution in [0.15, 0.2) is 0 Å². The average molecular weight is 226 g/mol. The van der Waals surface area contributed by atoms with Crippen molar-refractivity contribution in [2.45, 2.75) is 71.7 Å². The summed E-state index contributed by atoms with van der Waals surface area (Å²) in [6.45, 7) is 7.58. The minimum atomic E-state index is -0.000548. The van der Waals surface area contributed by atoms with Gasteiger partial charge >= 0.3 is 0 Å². The Kier molecular flexibility index (Phi) is 3.91. The fourth-order valence-corrected chi connectivity index (χ4v) is 3.55. The number of hydrogen-bond donors (Lipinski definition) is 0. The van der Waals surface area contributed by atoms with Crippen LogP contribution in [-0.4, -0.2) is 19.0 Å². The molecule has 4 atom stereocenters. The van der Waals surface area contributed by atoms with Gasteiger partial charge < -0.3 is 9.47 Å². The normalized spacial score (nSPS) is 44.8. The molecule has 1 heterocycles. The van der Waals surface area contributed by atoms with Crippen molar-refractivity contribution in [3.05, 3.63) is 0 Å². The van der Waals surface area contributed by atoms with Crippen LogP contribution in [0, 0.1) is 11.3 Å². The largest absolute Gasteiger partial charge is 0.352 e. The van der Waals surface area contributed by atoms with E-state index in [-0.39, 0.29) is 6.29 Å². The lowest BCUT2D eigenvalue weighted by Crippen LogP contribution is -2.50. The maximum absolute atomic E-state index is 6.05. The highest BCUT2D eigenvalue weighted by Crippen LogP contribution is 2.47. The predicted molar refractivity (Wildman–Crippen MR) is 65.3 cm³/mol. The number of ether oxygens (including phenoxy) is 2. The quantitative estimate of drug-likeness (QED) is 0.714. The van der Waals surface area contributed by atoms with Crippen LogP contribution in [0.3, 0.4) is 0 Å². The molecule has 1 saturated heterocycles. The van der Waals surface area contributed by atoms with Gasteiger partial charge in [-0.05, 0) is 32.1 Å². The molecule has 0 radical (unpaired) electrons. The first-order valence-corrected chi connectivity index (χ1v) is 6.93. The number of hydrogen-bond acceptors (Lipinski definition) is 2.